The summed E-state index contributed by atoms with van der Waals surface area (Å²) in [7, 11) is -3.87. The molecule has 0 aliphatic heterocycles. The Bertz CT molecular complexity index is 1420. The van der Waals surface area contributed by atoms with Crippen LogP contribution in [0.4, 0.5) is 5.69 Å². The Balaban J connectivity index is 1.88. The second kappa shape index (κ2) is 13.9. The van der Waals surface area contributed by atoms with Gasteiger partial charge in [0.25, 0.3) is 0 Å². The zero-order valence-corrected chi connectivity index (χ0v) is 25.1. The lowest BCUT2D eigenvalue weighted by molar-refractivity contribution is -0.139. The van der Waals surface area contributed by atoms with Crippen LogP contribution in [-0.2, 0) is 26.2 Å². The summed E-state index contributed by atoms with van der Waals surface area (Å²) < 4.78 is 32.4. The van der Waals surface area contributed by atoms with Crippen molar-refractivity contribution in [2.45, 2.75) is 45.8 Å². The third-order valence-electron chi connectivity index (χ3n) is 6.29. The van der Waals surface area contributed by atoms with Gasteiger partial charge in [-0.3, -0.25) is 13.9 Å². The zero-order valence-electron chi connectivity index (χ0n) is 22.8. The summed E-state index contributed by atoms with van der Waals surface area (Å²) in [6, 6.07) is 19.5. The molecule has 0 saturated carbocycles. The van der Waals surface area contributed by atoms with Crippen molar-refractivity contribution in [3.05, 3.63) is 88.4 Å². The van der Waals surface area contributed by atoms with Crippen LogP contribution >= 0.6 is 23.2 Å². The number of nitrogens with one attached hydrogen (secondary N) is 1. The fraction of sp³-hybridized carbons (Fsp3) is 0.310. The summed E-state index contributed by atoms with van der Waals surface area (Å²) in [5.41, 5.74) is 0.918. The third-order valence-corrected chi connectivity index (χ3v) is 8.17. The number of carbonyl (C=O) groups is 2. The molecule has 3 aromatic carbocycles. The zero-order chi connectivity index (χ0) is 29.4. The molecule has 2 atom stereocenters. The van der Waals surface area contributed by atoms with Crippen LogP contribution in [0.2, 0.25) is 10.0 Å². The number of sulfonamides is 1. The second-order valence-corrected chi connectivity index (χ2v) is 12.2. The van der Waals surface area contributed by atoms with Gasteiger partial charge in [-0.05, 0) is 74.4 Å². The predicted molar refractivity (Wildman–Crippen MR) is 160 cm³/mol. The van der Waals surface area contributed by atoms with Gasteiger partial charge in [0, 0.05) is 12.6 Å². The monoisotopic (exact) mass is 605 g/mol. The highest BCUT2D eigenvalue weighted by atomic mass is 35.5. The summed E-state index contributed by atoms with van der Waals surface area (Å²) in [5, 5.41) is 3.55. The van der Waals surface area contributed by atoms with E-state index in [4.69, 9.17) is 27.9 Å². The smallest absolute Gasteiger partial charge is 0.244 e. The van der Waals surface area contributed by atoms with Crippen molar-refractivity contribution in [3.8, 4) is 11.5 Å². The quantitative estimate of drug-likeness (QED) is 0.278. The van der Waals surface area contributed by atoms with Gasteiger partial charge in [0.1, 0.15) is 24.1 Å². The maximum absolute atomic E-state index is 13.7. The third kappa shape index (κ3) is 8.61. The molecule has 0 aromatic heterocycles. The van der Waals surface area contributed by atoms with Crippen LogP contribution in [0.1, 0.15) is 32.8 Å². The van der Waals surface area contributed by atoms with Crippen molar-refractivity contribution in [2.75, 3.05) is 17.1 Å². The first-order valence-electron chi connectivity index (χ1n) is 12.7. The Labute approximate surface area is 245 Å². The highest BCUT2D eigenvalue weighted by Crippen LogP contribution is 2.27. The fourth-order valence-electron chi connectivity index (χ4n) is 3.80. The minimum Gasteiger partial charge on any atom is -0.457 e. The Kier molecular flexibility index (Phi) is 10.8. The molecule has 0 spiro atoms. The lowest BCUT2D eigenvalue weighted by Crippen LogP contribution is -2.52. The van der Waals surface area contributed by atoms with Crippen molar-refractivity contribution in [2.24, 2.45) is 0 Å². The molecule has 1 N–H and O–H groups in total. The number of halogens is 2. The Morgan fingerprint density at radius 2 is 1.55 bits per heavy atom. The summed E-state index contributed by atoms with van der Waals surface area (Å²) >= 11 is 12.2. The van der Waals surface area contributed by atoms with E-state index >= 15 is 0 Å². The number of benzene rings is 3. The number of ether oxygens (including phenoxy) is 1. The first-order valence-corrected chi connectivity index (χ1v) is 15.3. The lowest BCUT2D eigenvalue weighted by atomic mass is 10.1. The molecule has 3 rings (SSSR count). The van der Waals surface area contributed by atoms with Crippen molar-refractivity contribution in [1.82, 2.24) is 10.2 Å². The predicted octanol–water partition coefficient (Wildman–Crippen LogP) is 5.88. The Hall–Kier alpha value is -3.27. The van der Waals surface area contributed by atoms with Gasteiger partial charge in [0.05, 0.1) is 22.0 Å². The fourth-order valence-corrected chi connectivity index (χ4v) is 4.97. The number of hydrogen-bond acceptors (Lipinski definition) is 5. The molecule has 0 aliphatic carbocycles. The van der Waals surface area contributed by atoms with Crippen LogP contribution in [0.25, 0.3) is 0 Å². The van der Waals surface area contributed by atoms with Gasteiger partial charge in [-0.25, -0.2) is 8.42 Å². The van der Waals surface area contributed by atoms with E-state index in [1.807, 2.05) is 32.0 Å². The standard InChI is InChI=1S/C29H33Cl2N3O5S/c1-5-20(2)32-29(36)21(3)33(18-22-11-16-26(30)27(31)17-22)28(35)19-34(40(4,37)38)23-12-14-25(15-13-23)39-24-9-7-6-8-10-24/h6-17,20-21H,5,18-19H2,1-4H3,(H,32,36)/t20-,21-/m0/s1. The largest absolute Gasteiger partial charge is 0.457 e. The van der Waals surface area contributed by atoms with Crippen LogP contribution in [0, 0.1) is 0 Å². The maximum Gasteiger partial charge on any atom is 0.244 e. The maximum atomic E-state index is 13.7. The first kappa shape index (κ1) is 31.3. The SMILES string of the molecule is CC[C@H](C)NC(=O)[C@H](C)N(Cc1ccc(Cl)c(Cl)c1)C(=O)CN(c1ccc(Oc2ccccc2)cc1)S(C)(=O)=O. The molecule has 2 amide bonds. The van der Waals surface area contributed by atoms with Crippen molar-refractivity contribution in [3.63, 3.8) is 0 Å². The summed E-state index contributed by atoms with van der Waals surface area (Å²) in [6.07, 6.45) is 1.74. The normalized spacial score (nSPS) is 12.8. The van der Waals surface area contributed by atoms with Gasteiger partial charge >= 0.3 is 0 Å². The van der Waals surface area contributed by atoms with Crippen LogP contribution in [-0.4, -0.2) is 50.0 Å². The minimum absolute atomic E-state index is 0.0201. The molecule has 0 saturated heterocycles. The minimum atomic E-state index is -3.87. The molecule has 0 aliphatic rings. The Morgan fingerprint density at radius 1 is 0.925 bits per heavy atom. The molecule has 0 fully saturated rings. The lowest BCUT2D eigenvalue weighted by Gasteiger charge is -2.32. The van der Waals surface area contributed by atoms with Crippen molar-refractivity contribution < 1.29 is 22.7 Å². The van der Waals surface area contributed by atoms with E-state index in [-0.39, 0.29) is 24.2 Å². The second-order valence-electron chi connectivity index (χ2n) is 9.44. The molecular weight excluding hydrogens is 573 g/mol. The van der Waals surface area contributed by atoms with E-state index in [9.17, 15) is 18.0 Å². The van der Waals surface area contributed by atoms with E-state index in [0.717, 1.165) is 10.6 Å². The number of anilines is 1. The van der Waals surface area contributed by atoms with Crippen molar-refractivity contribution in [1.29, 1.82) is 0 Å². The molecular formula is C29H33Cl2N3O5S. The molecule has 0 radical (unpaired) electrons. The number of amides is 2. The summed E-state index contributed by atoms with van der Waals surface area (Å²) in [4.78, 5) is 28.0. The number of rotatable bonds is 12. The molecule has 3 aromatic rings. The molecule has 214 valence electrons. The van der Waals surface area contributed by atoms with Crippen LogP contribution in [0.15, 0.2) is 72.8 Å². The molecule has 0 heterocycles. The van der Waals surface area contributed by atoms with Crippen molar-refractivity contribution >= 4 is 50.7 Å². The number of para-hydroxylation sites is 1. The average molecular weight is 607 g/mol. The van der Waals surface area contributed by atoms with Gasteiger partial charge in [0.15, 0.2) is 0 Å². The molecule has 0 bridgehead atoms. The van der Waals surface area contributed by atoms with Gasteiger partial charge in [0.2, 0.25) is 21.8 Å². The number of hydrogen-bond donors (Lipinski definition) is 1. The molecule has 11 heteroatoms. The molecule has 40 heavy (non-hydrogen) atoms. The van der Waals surface area contributed by atoms with Crippen LogP contribution in [0.5, 0.6) is 11.5 Å². The molecule has 8 nitrogen and oxygen atoms in total. The van der Waals surface area contributed by atoms with E-state index in [1.165, 1.54) is 4.90 Å². The number of carbonyl (C=O) groups excluding carboxylic acids is 2. The average Bonchev–Trinajstić information content (AvgIpc) is 2.92. The topological polar surface area (TPSA) is 96.0 Å². The van der Waals surface area contributed by atoms with Gasteiger partial charge < -0.3 is 15.0 Å². The van der Waals surface area contributed by atoms with Gasteiger partial charge in [-0.1, -0.05) is 54.4 Å². The first-order chi connectivity index (χ1) is 18.9. The van der Waals surface area contributed by atoms with E-state index < -0.39 is 28.5 Å². The molecule has 0 unspecified atom stereocenters. The number of nitrogens with zero attached hydrogens (tertiary/aromatic N) is 2. The highest BCUT2D eigenvalue weighted by molar-refractivity contribution is 7.92. The summed E-state index contributed by atoms with van der Waals surface area (Å²) in [6.45, 7) is 4.92. The Morgan fingerprint density at radius 3 is 2.12 bits per heavy atom. The van der Waals surface area contributed by atoms with Crippen LogP contribution in [0.3, 0.4) is 0 Å². The van der Waals surface area contributed by atoms with Crippen LogP contribution < -0.4 is 14.4 Å². The van der Waals surface area contributed by atoms with E-state index in [2.05, 4.69) is 5.32 Å². The van der Waals surface area contributed by atoms with E-state index in [1.54, 1.807) is 61.5 Å². The highest BCUT2D eigenvalue weighted by Gasteiger charge is 2.30. The van der Waals surface area contributed by atoms with Gasteiger partial charge in [-0.15, -0.1) is 0 Å². The van der Waals surface area contributed by atoms with E-state index in [0.29, 0.717) is 33.5 Å². The van der Waals surface area contributed by atoms with Gasteiger partial charge in [-0.2, -0.15) is 0 Å². The summed E-state index contributed by atoms with van der Waals surface area (Å²) in [5.74, 6) is 0.225.